The van der Waals surface area contributed by atoms with Crippen LogP contribution in [0.15, 0.2) is 41.3 Å². The third kappa shape index (κ3) is 4.24. The number of morpholine rings is 1. The molecule has 0 bridgehead atoms. The van der Waals surface area contributed by atoms with Crippen LogP contribution in [0, 0.1) is 5.82 Å². The van der Waals surface area contributed by atoms with E-state index in [1.165, 1.54) is 15.3 Å². The number of benzene rings is 2. The van der Waals surface area contributed by atoms with E-state index in [1.807, 2.05) is 0 Å². The molecule has 11 heteroatoms. The Balaban J connectivity index is 1.68. The molecule has 0 saturated carbocycles. The highest BCUT2D eigenvalue weighted by Gasteiger charge is 2.34. The van der Waals surface area contributed by atoms with Gasteiger partial charge in [0.1, 0.15) is 5.82 Å². The zero-order chi connectivity index (χ0) is 23.1. The molecule has 0 unspecified atom stereocenters. The number of rotatable bonds is 3. The lowest BCUT2D eigenvalue weighted by Gasteiger charge is -2.30. The smallest absolute Gasteiger partial charge is 0.379 e. The van der Waals surface area contributed by atoms with Gasteiger partial charge < -0.3 is 9.64 Å². The summed E-state index contributed by atoms with van der Waals surface area (Å²) in [6.07, 6.45) is -3.78. The zero-order valence-corrected chi connectivity index (χ0v) is 17.7. The number of hydrogen-bond acceptors (Lipinski definition) is 4. The van der Waals surface area contributed by atoms with Crippen molar-refractivity contribution in [2.24, 2.45) is 0 Å². The lowest BCUT2D eigenvalue weighted by atomic mass is 9.98. The van der Waals surface area contributed by atoms with Crippen LogP contribution in [0.2, 0.25) is 0 Å². The van der Waals surface area contributed by atoms with Crippen LogP contribution in [0.5, 0.6) is 0 Å². The summed E-state index contributed by atoms with van der Waals surface area (Å²) < 4.78 is 85.9. The van der Waals surface area contributed by atoms with Crippen LogP contribution >= 0.6 is 0 Å². The van der Waals surface area contributed by atoms with Crippen molar-refractivity contribution in [2.45, 2.75) is 23.9 Å². The number of amides is 1. The first-order chi connectivity index (χ1) is 15.1. The minimum atomic E-state index is -4.52. The Morgan fingerprint density at radius 1 is 1.00 bits per heavy atom. The number of aryl methyl sites for hydroxylation is 1. The van der Waals surface area contributed by atoms with E-state index < -0.39 is 39.1 Å². The maximum absolute atomic E-state index is 14.6. The number of halogens is 4. The number of nitrogens with zero attached hydrogens (tertiary/aromatic N) is 2. The zero-order valence-electron chi connectivity index (χ0n) is 16.9. The Hall–Kier alpha value is -2.50. The third-order valence-electron chi connectivity index (χ3n) is 5.55. The molecular weight excluding hydrogens is 452 g/mol. The normalized spacial score (nSPS) is 17.8. The summed E-state index contributed by atoms with van der Waals surface area (Å²) in [5, 5.41) is 0. The van der Waals surface area contributed by atoms with Gasteiger partial charge in [-0.1, -0.05) is 0 Å². The van der Waals surface area contributed by atoms with Gasteiger partial charge in [0.15, 0.2) is 0 Å². The predicted molar refractivity (Wildman–Crippen MR) is 107 cm³/mol. The van der Waals surface area contributed by atoms with Crippen LogP contribution in [0.3, 0.4) is 0 Å². The minimum absolute atomic E-state index is 0.143. The molecule has 0 N–H and O–H groups in total. The second-order valence-electron chi connectivity index (χ2n) is 7.56. The molecule has 32 heavy (non-hydrogen) atoms. The van der Waals surface area contributed by atoms with Crippen molar-refractivity contribution in [3.63, 3.8) is 0 Å². The fraction of sp³-hybridized carbons (Fsp3) is 0.381. The molecule has 0 radical (unpaired) electrons. The summed E-state index contributed by atoms with van der Waals surface area (Å²) in [4.78, 5) is 14.1. The summed E-state index contributed by atoms with van der Waals surface area (Å²) in [5.41, 5.74) is -0.686. The van der Waals surface area contributed by atoms with Crippen molar-refractivity contribution >= 4 is 21.6 Å². The van der Waals surface area contributed by atoms with Crippen molar-refractivity contribution in [1.82, 2.24) is 4.31 Å². The number of carbonyl (C=O) groups is 1. The Morgan fingerprint density at radius 3 is 2.41 bits per heavy atom. The van der Waals surface area contributed by atoms with Crippen LogP contribution in [0.4, 0.5) is 23.2 Å². The topological polar surface area (TPSA) is 66.9 Å². The molecule has 2 aromatic carbocycles. The first-order valence-electron chi connectivity index (χ1n) is 9.98. The number of alkyl halides is 3. The summed E-state index contributed by atoms with van der Waals surface area (Å²) >= 11 is 0. The Kier molecular flexibility index (Phi) is 5.99. The average molecular weight is 472 g/mol. The molecule has 1 fully saturated rings. The lowest BCUT2D eigenvalue weighted by Crippen LogP contribution is -2.41. The highest BCUT2D eigenvalue weighted by Crippen LogP contribution is 2.36. The molecule has 1 amide bonds. The Morgan fingerprint density at radius 2 is 1.72 bits per heavy atom. The fourth-order valence-corrected chi connectivity index (χ4v) is 5.33. The van der Waals surface area contributed by atoms with Crippen molar-refractivity contribution < 1.29 is 35.5 Å². The van der Waals surface area contributed by atoms with Crippen LogP contribution in [0.25, 0.3) is 0 Å². The number of ether oxygens (including phenoxy) is 1. The van der Waals surface area contributed by atoms with Gasteiger partial charge in [-0.25, -0.2) is 12.8 Å². The van der Waals surface area contributed by atoms with Gasteiger partial charge in [-0.3, -0.25) is 4.79 Å². The van der Waals surface area contributed by atoms with E-state index in [2.05, 4.69) is 0 Å². The molecule has 4 rings (SSSR count). The lowest BCUT2D eigenvalue weighted by molar-refractivity contribution is -0.137. The van der Waals surface area contributed by atoms with Crippen LogP contribution in [0.1, 0.15) is 27.9 Å². The predicted octanol–water partition coefficient (Wildman–Crippen LogP) is 3.46. The van der Waals surface area contributed by atoms with E-state index >= 15 is 0 Å². The quantitative estimate of drug-likeness (QED) is 0.642. The molecule has 0 spiro atoms. The third-order valence-corrected chi connectivity index (χ3v) is 7.44. The van der Waals surface area contributed by atoms with Crippen LogP contribution in [-0.4, -0.2) is 51.5 Å². The molecule has 1 saturated heterocycles. The second-order valence-corrected chi connectivity index (χ2v) is 9.50. The fourth-order valence-electron chi connectivity index (χ4n) is 3.89. The standard InChI is InChI=1S/C21H20F4N2O4S/c22-18-5-4-16(32(29,30)26-8-10-31-11-9-26)13-17(18)20(28)27-7-1-2-14-12-15(21(23,24)25)3-6-19(14)27/h3-6,12-13H,1-2,7-11H2. The summed E-state index contributed by atoms with van der Waals surface area (Å²) in [7, 11) is -3.96. The molecule has 2 aliphatic rings. The number of anilines is 1. The molecular formula is C21H20F4N2O4S. The average Bonchev–Trinajstić information content (AvgIpc) is 2.78. The molecule has 2 aromatic rings. The molecule has 0 aliphatic carbocycles. The monoisotopic (exact) mass is 472 g/mol. The molecule has 2 aliphatic heterocycles. The van der Waals surface area contributed by atoms with E-state index in [0.29, 0.717) is 18.4 Å². The molecule has 172 valence electrons. The van der Waals surface area contributed by atoms with Crippen molar-refractivity contribution in [3.8, 4) is 0 Å². The number of hydrogen-bond donors (Lipinski definition) is 0. The van der Waals surface area contributed by atoms with Gasteiger partial charge in [0.25, 0.3) is 5.91 Å². The van der Waals surface area contributed by atoms with Gasteiger partial charge in [0.05, 0.1) is 29.2 Å². The van der Waals surface area contributed by atoms with Gasteiger partial charge in [0.2, 0.25) is 10.0 Å². The van der Waals surface area contributed by atoms with Gasteiger partial charge in [-0.15, -0.1) is 0 Å². The summed E-state index contributed by atoms with van der Waals surface area (Å²) in [5.74, 6) is -1.71. The van der Waals surface area contributed by atoms with Gasteiger partial charge in [-0.05, 0) is 54.8 Å². The number of carbonyl (C=O) groups excluding carboxylic acids is 1. The first kappa shape index (κ1) is 22.7. The van der Waals surface area contributed by atoms with Gasteiger partial charge in [0, 0.05) is 25.3 Å². The van der Waals surface area contributed by atoms with E-state index in [4.69, 9.17) is 4.74 Å². The minimum Gasteiger partial charge on any atom is -0.379 e. The van der Waals surface area contributed by atoms with E-state index in [1.54, 1.807) is 0 Å². The highest BCUT2D eigenvalue weighted by atomic mass is 32.2. The molecule has 0 atom stereocenters. The van der Waals surface area contributed by atoms with Crippen molar-refractivity contribution in [2.75, 3.05) is 37.7 Å². The maximum atomic E-state index is 14.6. The Labute approximate surface area is 182 Å². The molecule has 0 aromatic heterocycles. The van der Waals surface area contributed by atoms with E-state index in [0.717, 1.165) is 30.3 Å². The number of fused-ring (bicyclic) bond motifs is 1. The SMILES string of the molecule is O=C(c1cc(S(=O)(=O)N2CCOCC2)ccc1F)N1CCCc2cc(C(F)(F)F)ccc21. The molecule has 6 nitrogen and oxygen atoms in total. The van der Waals surface area contributed by atoms with Crippen LogP contribution < -0.4 is 4.90 Å². The highest BCUT2D eigenvalue weighted by molar-refractivity contribution is 7.89. The van der Waals surface area contributed by atoms with Crippen molar-refractivity contribution in [1.29, 1.82) is 0 Å². The van der Waals surface area contributed by atoms with E-state index in [9.17, 15) is 30.8 Å². The maximum Gasteiger partial charge on any atom is 0.416 e. The molecule has 2 heterocycles. The second kappa shape index (κ2) is 8.45. The van der Waals surface area contributed by atoms with Gasteiger partial charge >= 0.3 is 6.18 Å². The largest absolute Gasteiger partial charge is 0.416 e. The summed E-state index contributed by atoms with van der Waals surface area (Å²) in [6.45, 7) is 0.929. The van der Waals surface area contributed by atoms with Crippen molar-refractivity contribution in [3.05, 3.63) is 58.9 Å². The summed E-state index contributed by atoms with van der Waals surface area (Å²) in [6, 6.07) is 6.06. The Bertz CT molecular complexity index is 1140. The number of sulfonamides is 1. The van der Waals surface area contributed by atoms with Crippen LogP contribution in [-0.2, 0) is 27.4 Å². The van der Waals surface area contributed by atoms with Gasteiger partial charge in [-0.2, -0.15) is 17.5 Å². The first-order valence-corrected chi connectivity index (χ1v) is 11.4. The van der Waals surface area contributed by atoms with E-state index in [-0.39, 0.29) is 43.4 Å².